The second kappa shape index (κ2) is 11.8. The summed E-state index contributed by atoms with van der Waals surface area (Å²) in [6, 6.07) is 1.34. The van der Waals surface area contributed by atoms with Crippen molar-refractivity contribution in [1.82, 2.24) is 19.7 Å². The van der Waals surface area contributed by atoms with Crippen molar-refractivity contribution in [2.24, 2.45) is 0 Å². The summed E-state index contributed by atoms with van der Waals surface area (Å²) in [6.45, 7) is 0.557. The van der Waals surface area contributed by atoms with E-state index in [1.54, 1.807) is 4.72 Å². The van der Waals surface area contributed by atoms with Gasteiger partial charge >= 0.3 is 12.0 Å². The Kier molecular flexibility index (Phi) is 9.46. The molecule has 2 heterocycles. The number of aromatic nitrogens is 3. The predicted molar refractivity (Wildman–Crippen MR) is 118 cm³/mol. The molecule has 186 valence electrons. The second-order valence-corrected chi connectivity index (χ2v) is 8.84. The summed E-state index contributed by atoms with van der Waals surface area (Å²) in [6.07, 6.45) is -2.39. The highest BCUT2D eigenvalue weighted by Gasteiger charge is 2.34. The number of methoxy groups -OCH3 is 3. The van der Waals surface area contributed by atoms with Crippen LogP contribution >= 0.6 is 15.9 Å². The van der Waals surface area contributed by atoms with Gasteiger partial charge in [0.05, 0.1) is 20.3 Å². The smallest absolute Gasteiger partial charge is 0.335 e. The van der Waals surface area contributed by atoms with Gasteiger partial charge in [-0.2, -0.15) is 9.97 Å². The van der Waals surface area contributed by atoms with E-state index in [0.717, 1.165) is 6.92 Å². The van der Waals surface area contributed by atoms with E-state index in [1.165, 1.54) is 39.7 Å². The molecule has 16 heteroatoms. The molecule has 2 N–H and O–H groups in total. The third kappa shape index (κ3) is 6.94. The summed E-state index contributed by atoms with van der Waals surface area (Å²) in [5.74, 6) is -1.19. The maximum absolute atomic E-state index is 14.3. The molecule has 0 saturated heterocycles. The summed E-state index contributed by atoms with van der Waals surface area (Å²) in [5, 5.41) is 2.13. The van der Waals surface area contributed by atoms with Gasteiger partial charge in [0.15, 0.2) is 6.10 Å². The van der Waals surface area contributed by atoms with Crippen LogP contribution in [0.1, 0.15) is 18.7 Å². The maximum Gasteiger partial charge on any atom is 0.335 e. The van der Waals surface area contributed by atoms with Crippen molar-refractivity contribution in [3.05, 3.63) is 28.5 Å². The molecule has 2 amide bonds. The zero-order valence-corrected chi connectivity index (χ0v) is 20.8. The Morgan fingerprint density at radius 3 is 2.32 bits per heavy atom. The molecule has 2 aromatic heterocycles. The van der Waals surface area contributed by atoms with Crippen LogP contribution in [0.2, 0.25) is 0 Å². The van der Waals surface area contributed by atoms with Crippen LogP contribution < -0.4 is 19.5 Å². The molecule has 0 aliphatic rings. The Labute approximate surface area is 202 Å². The fourth-order valence-corrected chi connectivity index (χ4v) is 4.66. The zero-order chi connectivity index (χ0) is 25.5. The van der Waals surface area contributed by atoms with Crippen LogP contribution in [0.4, 0.5) is 15.1 Å². The molecule has 0 bridgehead atoms. The number of urea groups is 1. The van der Waals surface area contributed by atoms with Crippen LogP contribution in [-0.4, -0.2) is 69.5 Å². The lowest BCUT2D eigenvalue weighted by Crippen LogP contribution is -2.36. The Bertz CT molecular complexity index is 1130. The predicted octanol–water partition coefficient (Wildman–Crippen LogP) is 1.75. The van der Waals surface area contributed by atoms with Crippen LogP contribution in [0.25, 0.3) is 0 Å². The van der Waals surface area contributed by atoms with E-state index < -0.39 is 51.5 Å². The van der Waals surface area contributed by atoms with Gasteiger partial charge in [-0.1, -0.05) is 0 Å². The molecular formula is C18H21BrFN5O8S. The van der Waals surface area contributed by atoms with Gasteiger partial charge in [0.25, 0.3) is 10.0 Å². The Morgan fingerprint density at radius 1 is 1.18 bits per heavy atom. The lowest BCUT2D eigenvalue weighted by molar-refractivity contribution is -0.157. The fourth-order valence-electron chi connectivity index (χ4n) is 2.54. The molecule has 0 aliphatic carbocycles. The lowest BCUT2D eigenvalue weighted by Gasteiger charge is -2.21. The number of carbonyl (C=O) groups excluding carboxylic acids is 2. The van der Waals surface area contributed by atoms with E-state index >= 15 is 0 Å². The van der Waals surface area contributed by atoms with Crippen molar-refractivity contribution in [3.63, 3.8) is 0 Å². The zero-order valence-electron chi connectivity index (χ0n) is 18.4. The first-order valence-electron chi connectivity index (χ1n) is 9.30. The van der Waals surface area contributed by atoms with Gasteiger partial charge in [-0.25, -0.2) is 27.1 Å². The third-order valence-electron chi connectivity index (χ3n) is 3.91. The van der Waals surface area contributed by atoms with Crippen molar-refractivity contribution in [1.29, 1.82) is 0 Å². The number of sulfonamides is 1. The molecular weight excluding hydrogens is 545 g/mol. The molecule has 0 fully saturated rings. The Hall–Kier alpha value is -3.11. The average molecular weight is 566 g/mol. The van der Waals surface area contributed by atoms with Crippen LogP contribution in [0, 0.1) is 0 Å². The van der Waals surface area contributed by atoms with Gasteiger partial charge in [0, 0.05) is 17.8 Å². The second-order valence-electron chi connectivity index (χ2n) is 6.36. The highest BCUT2D eigenvalue weighted by atomic mass is 79.9. The number of esters is 1. The van der Waals surface area contributed by atoms with E-state index in [-0.39, 0.29) is 22.2 Å². The van der Waals surface area contributed by atoms with E-state index in [1.807, 2.05) is 0 Å². The largest absolute Gasteiger partial charge is 0.481 e. The number of hydrogen-bond acceptors (Lipinski definition) is 11. The van der Waals surface area contributed by atoms with Crippen molar-refractivity contribution >= 4 is 43.9 Å². The van der Waals surface area contributed by atoms with Gasteiger partial charge in [-0.05, 0) is 28.9 Å². The number of rotatable bonds is 10. The number of nitrogens with one attached hydrogen (secondary N) is 2. The average Bonchev–Trinajstić information content (AvgIpc) is 2.76. The van der Waals surface area contributed by atoms with Gasteiger partial charge in [-0.15, -0.1) is 0 Å². The fraction of sp³-hybridized carbons (Fsp3) is 0.389. The first-order valence-corrected chi connectivity index (χ1v) is 11.6. The monoisotopic (exact) mass is 565 g/mol. The minimum atomic E-state index is -4.68. The van der Waals surface area contributed by atoms with Crippen LogP contribution in [0.5, 0.6) is 11.8 Å². The summed E-state index contributed by atoms with van der Waals surface area (Å²) < 4.78 is 61.7. The first-order chi connectivity index (χ1) is 16.0. The number of ether oxygens (including phenoxy) is 4. The molecule has 2 atom stereocenters. The molecule has 34 heavy (non-hydrogen) atoms. The number of halogens is 2. The molecule has 2 aromatic rings. The molecule has 2 rings (SSSR count). The number of hydrogen-bond donors (Lipinski definition) is 2. The van der Waals surface area contributed by atoms with Gasteiger partial charge in [0.2, 0.25) is 17.7 Å². The van der Waals surface area contributed by atoms with Gasteiger partial charge < -0.3 is 18.9 Å². The maximum atomic E-state index is 14.3. The summed E-state index contributed by atoms with van der Waals surface area (Å²) >= 11 is 3.06. The van der Waals surface area contributed by atoms with Crippen molar-refractivity contribution in [2.45, 2.75) is 24.1 Å². The Balaban J connectivity index is 2.37. The molecule has 0 saturated carbocycles. The number of nitrogens with zero attached hydrogens (tertiary/aromatic N) is 3. The number of amides is 2. The summed E-state index contributed by atoms with van der Waals surface area (Å²) in [5.41, 5.74) is -0.451. The molecule has 0 spiro atoms. The molecule has 2 unspecified atom stereocenters. The SMILES string of the molecule is COCC(=O)OC(c1nccc(Br)c1S(=O)(=O)NC(=O)Nc1nc(OC)cc(OC)n1)C(C)F. The van der Waals surface area contributed by atoms with E-state index in [0.29, 0.717) is 0 Å². The van der Waals surface area contributed by atoms with E-state index in [2.05, 4.69) is 40.9 Å². The van der Waals surface area contributed by atoms with Crippen molar-refractivity contribution in [2.75, 3.05) is 33.3 Å². The topological polar surface area (TPSA) is 168 Å². The minimum absolute atomic E-state index is 0.0416. The molecule has 0 aromatic carbocycles. The van der Waals surface area contributed by atoms with E-state index in [9.17, 15) is 22.4 Å². The summed E-state index contributed by atoms with van der Waals surface area (Å²) in [4.78, 5) is 35.2. The highest BCUT2D eigenvalue weighted by Crippen LogP contribution is 2.32. The molecule has 0 radical (unpaired) electrons. The van der Waals surface area contributed by atoms with Gasteiger partial charge in [0.1, 0.15) is 23.4 Å². The highest BCUT2D eigenvalue weighted by molar-refractivity contribution is 9.10. The lowest BCUT2D eigenvalue weighted by atomic mass is 10.1. The standard InChI is InChI=1S/C18H21BrFN5O8S/c1-9(20)15(33-13(26)8-30-2)14-16(10(19)5-6-21-14)34(28,29)25-18(27)24-17-22-11(31-3)7-12(23-17)32-4/h5-7,9,15H,8H2,1-4H3,(H2,22,23,24,25,27). The van der Waals surface area contributed by atoms with Crippen LogP contribution in [0.15, 0.2) is 27.7 Å². The number of carbonyl (C=O) groups is 2. The molecule has 0 aliphatic heterocycles. The van der Waals surface area contributed by atoms with E-state index in [4.69, 9.17) is 14.2 Å². The van der Waals surface area contributed by atoms with Crippen molar-refractivity contribution in [3.8, 4) is 11.8 Å². The Morgan fingerprint density at radius 2 is 1.79 bits per heavy atom. The first kappa shape index (κ1) is 27.1. The molecule has 13 nitrogen and oxygen atoms in total. The normalized spacial score (nSPS) is 12.9. The third-order valence-corrected chi connectivity index (χ3v) is 6.25. The minimum Gasteiger partial charge on any atom is -0.481 e. The van der Waals surface area contributed by atoms with Crippen molar-refractivity contribution < 1.29 is 41.3 Å². The summed E-state index contributed by atoms with van der Waals surface area (Å²) in [7, 11) is -0.811. The van der Waals surface area contributed by atoms with Gasteiger partial charge in [-0.3, -0.25) is 10.3 Å². The van der Waals surface area contributed by atoms with Crippen LogP contribution in [0.3, 0.4) is 0 Å². The number of pyridine rings is 1. The number of alkyl halides is 1. The van der Waals surface area contributed by atoms with Crippen LogP contribution in [-0.2, 0) is 24.3 Å². The number of anilines is 1. The quantitative estimate of drug-likeness (QED) is 0.402.